The summed E-state index contributed by atoms with van der Waals surface area (Å²) in [7, 11) is 0. The number of H-pyrrole nitrogens is 1. The SMILES string of the molecule is CCCN1CC2(CCN(C(=O)c3ccc[nH]3)CC2)CC1C(=O)O. The van der Waals surface area contributed by atoms with Gasteiger partial charge in [-0.3, -0.25) is 14.5 Å². The first-order valence-electron chi connectivity index (χ1n) is 8.44. The first kappa shape index (κ1) is 16.1. The highest BCUT2D eigenvalue weighted by Gasteiger charge is 2.48. The average molecular weight is 319 g/mol. The summed E-state index contributed by atoms with van der Waals surface area (Å²) in [5, 5.41) is 9.48. The van der Waals surface area contributed by atoms with E-state index in [1.807, 2.05) is 11.0 Å². The molecule has 0 saturated carbocycles. The van der Waals surface area contributed by atoms with E-state index < -0.39 is 5.97 Å². The normalized spacial score (nSPS) is 24.2. The van der Waals surface area contributed by atoms with Crippen molar-refractivity contribution in [2.75, 3.05) is 26.2 Å². The molecule has 1 aromatic heterocycles. The number of carboxylic acid groups (broad SMARTS) is 1. The molecule has 126 valence electrons. The number of aromatic amines is 1. The van der Waals surface area contributed by atoms with Crippen LogP contribution < -0.4 is 0 Å². The van der Waals surface area contributed by atoms with Gasteiger partial charge in [-0.25, -0.2) is 0 Å². The van der Waals surface area contributed by atoms with Crippen LogP contribution in [0.2, 0.25) is 0 Å². The van der Waals surface area contributed by atoms with Crippen molar-refractivity contribution < 1.29 is 14.7 Å². The van der Waals surface area contributed by atoms with Crippen LogP contribution >= 0.6 is 0 Å². The Balaban J connectivity index is 1.64. The van der Waals surface area contributed by atoms with Crippen LogP contribution in [0.4, 0.5) is 0 Å². The molecule has 6 nitrogen and oxygen atoms in total. The molecule has 0 aromatic carbocycles. The number of nitrogens with one attached hydrogen (secondary N) is 1. The summed E-state index contributed by atoms with van der Waals surface area (Å²) in [6, 6.07) is 3.27. The molecule has 1 amide bonds. The molecule has 1 spiro atoms. The van der Waals surface area contributed by atoms with Crippen LogP contribution in [0, 0.1) is 5.41 Å². The largest absolute Gasteiger partial charge is 0.480 e. The van der Waals surface area contributed by atoms with Crippen LogP contribution in [-0.2, 0) is 4.79 Å². The minimum absolute atomic E-state index is 0.0445. The van der Waals surface area contributed by atoms with Crippen LogP contribution in [-0.4, -0.2) is 64.0 Å². The Bertz CT molecular complexity index is 562. The van der Waals surface area contributed by atoms with Gasteiger partial charge in [0.05, 0.1) is 0 Å². The van der Waals surface area contributed by atoms with Gasteiger partial charge in [-0.05, 0) is 49.8 Å². The van der Waals surface area contributed by atoms with Gasteiger partial charge >= 0.3 is 5.97 Å². The molecule has 1 unspecified atom stereocenters. The van der Waals surface area contributed by atoms with Gasteiger partial charge in [0.15, 0.2) is 0 Å². The van der Waals surface area contributed by atoms with Gasteiger partial charge in [-0.1, -0.05) is 6.92 Å². The number of hydrogen-bond donors (Lipinski definition) is 2. The smallest absolute Gasteiger partial charge is 0.320 e. The summed E-state index contributed by atoms with van der Waals surface area (Å²) in [6.07, 6.45) is 5.23. The molecule has 2 N–H and O–H groups in total. The fraction of sp³-hybridized carbons (Fsp3) is 0.647. The second kappa shape index (κ2) is 6.35. The Kier molecular flexibility index (Phi) is 4.43. The van der Waals surface area contributed by atoms with Gasteiger partial charge in [0, 0.05) is 25.8 Å². The minimum atomic E-state index is -0.708. The lowest BCUT2D eigenvalue weighted by atomic mass is 9.76. The fourth-order valence-corrected chi connectivity index (χ4v) is 4.09. The van der Waals surface area contributed by atoms with Crippen molar-refractivity contribution in [2.45, 2.75) is 38.6 Å². The quantitative estimate of drug-likeness (QED) is 0.887. The number of carbonyl (C=O) groups is 2. The second-order valence-electron chi connectivity index (χ2n) is 6.90. The van der Waals surface area contributed by atoms with Crippen molar-refractivity contribution in [3.8, 4) is 0 Å². The molecule has 2 fully saturated rings. The van der Waals surface area contributed by atoms with Gasteiger partial charge in [0.25, 0.3) is 5.91 Å². The van der Waals surface area contributed by atoms with Gasteiger partial charge in [-0.2, -0.15) is 0 Å². The Morgan fingerprint density at radius 3 is 2.70 bits per heavy atom. The summed E-state index contributed by atoms with van der Waals surface area (Å²) in [5.74, 6) is -0.664. The van der Waals surface area contributed by atoms with Gasteiger partial charge in [-0.15, -0.1) is 0 Å². The van der Waals surface area contributed by atoms with Crippen molar-refractivity contribution in [1.82, 2.24) is 14.8 Å². The van der Waals surface area contributed by atoms with Crippen molar-refractivity contribution in [3.63, 3.8) is 0 Å². The molecule has 3 heterocycles. The lowest BCUT2D eigenvalue weighted by Gasteiger charge is -2.39. The van der Waals surface area contributed by atoms with Crippen LogP contribution in [0.1, 0.15) is 43.1 Å². The highest BCUT2D eigenvalue weighted by molar-refractivity contribution is 5.92. The van der Waals surface area contributed by atoms with E-state index in [0.717, 1.165) is 32.4 Å². The molecule has 6 heteroatoms. The molecule has 1 aromatic rings. The fourth-order valence-electron chi connectivity index (χ4n) is 4.09. The Morgan fingerprint density at radius 2 is 2.13 bits per heavy atom. The third-order valence-electron chi connectivity index (χ3n) is 5.34. The highest BCUT2D eigenvalue weighted by atomic mass is 16.4. The van der Waals surface area contributed by atoms with Crippen molar-refractivity contribution >= 4 is 11.9 Å². The summed E-state index contributed by atoms with van der Waals surface area (Å²) < 4.78 is 0. The average Bonchev–Trinajstić information content (AvgIpc) is 3.17. The summed E-state index contributed by atoms with van der Waals surface area (Å²) >= 11 is 0. The number of amides is 1. The molecule has 2 saturated heterocycles. The maximum Gasteiger partial charge on any atom is 0.320 e. The predicted molar refractivity (Wildman–Crippen MR) is 86.3 cm³/mol. The molecule has 0 bridgehead atoms. The van der Waals surface area contributed by atoms with E-state index in [-0.39, 0.29) is 17.4 Å². The highest BCUT2D eigenvalue weighted by Crippen LogP contribution is 2.43. The number of likely N-dealkylation sites (tertiary alicyclic amines) is 2. The summed E-state index contributed by atoms with van der Waals surface area (Å²) in [5.41, 5.74) is 0.688. The third kappa shape index (κ3) is 3.13. The van der Waals surface area contributed by atoms with Crippen molar-refractivity contribution in [3.05, 3.63) is 24.0 Å². The molecular formula is C17H25N3O3. The molecule has 3 rings (SSSR count). The lowest BCUT2D eigenvalue weighted by molar-refractivity contribution is -0.142. The molecule has 23 heavy (non-hydrogen) atoms. The number of hydrogen-bond acceptors (Lipinski definition) is 3. The zero-order chi connectivity index (χ0) is 16.4. The molecular weight excluding hydrogens is 294 g/mol. The van der Waals surface area contributed by atoms with Crippen LogP contribution in [0.15, 0.2) is 18.3 Å². The molecule has 1 atom stereocenters. The third-order valence-corrected chi connectivity index (χ3v) is 5.34. The molecule has 2 aliphatic heterocycles. The van der Waals surface area contributed by atoms with E-state index in [0.29, 0.717) is 25.2 Å². The number of aliphatic carboxylic acids is 1. The first-order chi connectivity index (χ1) is 11.0. The van der Waals surface area contributed by atoms with E-state index in [9.17, 15) is 14.7 Å². The lowest BCUT2D eigenvalue weighted by Crippen LogP contribution is -2.44. The molecule has 0 aliphatic carbocycles. The van der Waals surface area contributed by atoms with E-state index in [4.69, 9.17) is 0 Å². The van der Waals surface area contributed by atoms with E-state index in [1.165, 1.54) is 0 Å². The van der Waals surface area contributed by atoms with Crippen LogP contribution in [0.3, 0.4) is 0 Å². The van der Waals surface area contributed by atoms with Gasteiger partial charge in [0.1, 0.15) is 11.7 Å². The van der Waals surface area contributed by atoms with E-state index >= 15 is 0 Å². The maximum absolute atomic E-state index is 12.4. The summed E-state index contributed by atoms with van der Waals surface area (Å²) in [4.78, 5) is 30.9. The topological polar surface area (TPSA) is 76.6 Å². The van der Waals surface area contributed by atoms with Crippen molar-refractivity contribution in [1.29, 1.82) is 0 Å². The Labute approximate surface area is 136 Å². The summed E-state index contributed by atoms with van der Waals surface area (Å²) in [6.45, 7) is 5.20. The van der Waals surface area contributed by atoms with Gasteiger partial charge in [0.2, 0.25) is 0 Å². The second-order valence-corrected chi connectivity index (χ2v) is 6.90. The standard InChI is InChI=1S/C17H25N3O3/c1-2-8-20-12-17(11-14(20)16(22)23)5-9-19(10-6-17)15(21)13-4-3-7-18-13/h3-4,7,14,18H,2,5-6,8-12H2,1H3,(H,22,23). The number of carboxylic acids is 1. The molecule has 0 radical (unpaired) electrons. The van der Waals surface area contributed by atoms with Crippen molar-refractivity contribution in [2.24, 2.45) is 5.41 Å². The predicted octanol–water partition coefficient (Wildman–Crippen LogP) is 1.81. The first-order valence-corrected chi connectivity index (χ1v) is 8.44. The minimum Gasteiger partial charge on any atom is -0.480 e. The van der Waals surface area contributed by atoms with E-state index in [2.05, 4.69) is 16.8 Å². The number of nitrogens with zero attached hydrogens (tertiary/aromatic N) is 2. The zero-order valence-electron chi connectivity index (χ0n) is 13.6. The Morgan fingerprint density at radius 1 is 1.39 bits per heavy atom. The Hall–Kier alpha value is -1.82. The zero-order valence-corrected chi connectivity index (χ0v) is 13.6. The number of aromatic nitrogens is 1. The van der Waals surface area contributed by atoms with Crippen LogP contribution in [0.25, 0.3) is 0 Å². The molecule has 2 aliphatic rings. The van der Waals surface area contributed by atoms with Gasteiger partial charge < -0.3 is 15.0 Å². The monoisotopic (exact) mass is 319 g/mol. The number of rotatable bonds is 4. The van der Waals surface area contributed by atoms with E-state index in [1.54, 1.807) is 12.3 Å². The maximum atomic E-state index is 12.4. The number of carbonyl (C=O) groups excluding carboxylic acids is 1. The number of piperidine rings is 1. The van der Waals surface area contributed by atoms with Crippen LogP contribution in [0.5, 0.6) is 0 Å².